The van der Waals surface area contributed by atoms with Gasteiger partial charge in [0.2, 0.25) is 10.0 Å². The van der Waals surface area contributed by atoms with Crippen LogP contribution in [-0.4, -0.2) is 80.0 Å². The standard InChI is InChI=1S/C21H30N6O3S.HI/c1-22-21(26-13-11-25(12-14-26)17-19-8-15-30-24-19)23-16-18-4-6-20(7-5-18)31(28,29)27-9-2-3-10-27;/h4-8,15H,2-3,9-14,16-17H2,1H3,(H,22,23);1H. The van der Waals surface area contributed by atoms with Crippen molar-refractivity contribution in [1.29, 1.82) is 0 Å². The summed E-state index contributed by atoms with van der Waals surface area (Å²) in [4.78, 5) is 9.38. The van der Waals surface area contributed by atoms with Crippen molar-refractivity contribution in [2.24, 2.45) is 4.99 Å². The normalized spacial score (nSPS) is 18.5. The van der Waals surface area contributed by atoms with E-state index in [4.69, 9.17) is 4.52 Å². The van der Waals surface area contributed by atoms with Gasteiger partial charge in [0, 0.05) is 65.5 Å². The van der Waals surface area contributed by atoms with E-state index in [1.165, 1.54) is 0 Å². The molecule has 1 N–H and O–H groups in total. The molecule has 0 aliphatic carbocycles. The lowest BCUT2D eigenvalue weighted by Gasteiger charge is -2.36. The van der Waals surface area contributed by atoms with Crippen molar-refractivity contribution in [2.45, 2.75) is 30.8 Å². The molecule has 3 heterocycles. The summed E-state index contributed by atoms with van der Waals surface area (Å²) in [5.41, 5.74) is 1.97. The molecule has 2 saturated heterocycles. The minimum absolute atomic E-state index is 0. The summed E-state index contributed by atoms with van der Waals surface area (Å²) in [5.74, 6) is 0.856. The van der Waals surface area contributed by atoms with Gasteiger partial charge in [-0.05, 0) is 30.5 Å². The smallest absolute Gasteiger partial charge is 0.243 e. The Labute approximate surface area is 206 Å². The largest absolute Gasteiger partial charge is 0.364 e. The molecule has 0 saturated carbocycles. The zero-order valence-corrected chi connectivity index (χ0v) is 21.5. The highest BCUT2D eigenvalue weighted by atomic mass is 127. The second kappa shape index (κ2) is 11.4. The minimum atomic E-state index is -3.37. The van der Waals surface area contributed by atoms with Crippen molar-refractivity contribution in [3.63, 3.8) is 0 Å². The van der Waals surface area contributed by atoms with E-state index in [0.717, 1.165) is 62.8 Å². The number of hydrogen-bond donors (Lipinski definition) is 1. The Morgan fingerprint density at radius 1 is 1.06 bits per heavy atom. The van der Waals surface area contributed by atoms with Crippen LogP contribution in [0, 0.1) is 0 Å². The monoisotopic (exact) mass is 574 g/mol. The molecule has 9 nitrogen and oxygen atoms in total. The summed E-state index contributed by atoms with van der Waals surface area (Å²) in [6.45, 7) is 6.24. The molecule has 1 aromatic heterocycles. The van der Waals surface area contributed by atoms with E-state index < -0.39 is 10.0 Å². The fourth-order valence-electron chi connectivity index (χ4n) is 4.04. The molecule has 4 rings (SSSR count). The summed E-state index contributed by atoms with van der Waals surface area (Å²) in [6, 6.07) is 9.05. The van der Waals surface area contributed by atoms with Gasteiger partial charge in [-0.1, -0.05) is 17.3 Å². The maximum Gasteiger partial charge on any atom is 0.243 e. The Morgan fingerprint density at radius 2 is 1.75 bits per heavy atom. The molecule has 1 aromatic carbocycles. The number of nitrogens with zero attached hydrogens (tertiary/aromatic N) is 5. The van der Waals surface area contributed by atoms with Crippen molar-refractivity contribution >= 4 is 40.0 Å². The van der Waals surface area contributed by atoms with Crippen LogP contribution in [0.1, 0.15) is 24.1 Å². The molecule has 0 radical (unpaired) electrons. The number of halogens is 1. The van der Waals surface area contributed by atoms with E-state index in [9.17, 15) is 8.42 Å². The number of guanidine groups is 1. The van der Waals surface area contributed by atoms with Gasteiger partial charge in [0.15, 0.2) is 5.96 Å². The summed E-state index contributed by atoms with van der Waals surface area (Å²) in [5, 5.41) is 7.38. The number of hydrogen-bond acceptors (Lipinski definition) is 6. The summed E-state index contributed by atoms with van der Waals surface area (Å²) in [7, 11) is -1.58. The molecule has 0 amide bonds. The van der Waals surface area contributed by atoms with E-state index in [0.29, 0.717) is 24.5 Å². The highest BCUT2D eigenvalue weighted by molar-refractivity contribution is 14.0. The van der Waals surface area contributed by atoms with Gasteiger partial charge in [0.05, 0.1) is 10.6 Å². The number of benzene rings is 1. The number of piperazine rings is 1. The van der Waals surface area contributed by atoms with Crippen LogP contribution < -0.4 is 5.32 Å². The van der Waals surface area contributed by atoms with Crippen LogP contribution in [0.15, 0.2) is 51.0 Å². The van der Waals surface area contributed by atoms with Gasteiger partial charge in [0.1, 0.15) is 6.26 Å². The first-order chi connectivity index (χ1) is 15.1. The third-order valence-electron chi connectivity index (χ3n) is 5.84. The molecule has 0 bridgehead atoms. The van der Waals surface area contributed by atoms with Crippen molar-refractivity contribution in [3.8, 4) is 0 Å². The van der Waals surface area contributed by atoms with Crippen LogP contribution in [0.3, 0.4) is 0 Å². The van der Waals surface area contributed by atoms with Crippen LogP contribution in [0.5, 0.6) is 0 Å². The van der Waals surface area contributed by atoms with Crippen molar-refractivity contribution in [2.75, 3.05) is 46.3 Å². The highest BCUT2D eigenvalue weighted by Crippen LogP contribution is 2.21. The van der Waals surface area contributed by atoms with Crippen molar-refractivity contribution in [3.05, 3.63) is 47.9 Å². The molecule has 0 spiro atoms. The maximum absolute atomic E-state index is 12.7. The molecule has 11 heteroatoms. The molecule has 176 valence electrons. The lowest BCUT2D eigenvalue weighted by molar-refractivity contribution is 0.169. The van der Waals surface area contributed by atoms with Gasteiger partial charge in [-0.25, -0.2) is 8.42 Å². The highest BCUT2D eigenvalue weighted by Gasteiger charge is 2.27. The Kier molecular flexibility index (Phi) is 8.91. The predicted octanol–water partition coefficient (Wildman–Crippen LogP) is 1.97. The summed E-state index contributed by atoms with van der Waals surface area (Å²) >= 11 is 0. The number of aliphatic imine (C=N–C) groups is 1. The molecule has 32 heavy (non-hydrogen) atoms. The molecule has 2 aliphatic rings. The molecule has 0 atom stereocenters. The molecule has 2 fully saturated rings. The van der Waals surface area contributed by atoms with Gasteiger partial charge >= 0.3 is 0 Å². The molecular formula is C21H31IN6O3S. The first kappa shape index (κ1) is 24.9. The molecule has 2 aliphatic heterocycles. The fourth-order valence-corrected chi connectivity index (χ4v) is 5.55. The third-order valence-corrected chi connectivity index (χ3v) is 7.75. The zero-order valence-electron chi connectivity index (χ0n) is 18.3. The van der Waals surface area contributed by atoms with Crippen LogP contribution in [-0.2, 0) is 23.1 Å². The van der Waals surface area contributed by atoms with Crippen LogP contribution in [0.25, 0.3) is 0 Å². The minimum Gasteiger partial charge on any atom is -0.364 e. The van der Waals surface area contributed by atoms with E-state index >= 15 is 0 Å². The van der Waals surface area contributed by atoms with Gasteiger partial charge in [-0.3, -0.25) is 9.89 Å². The van der Waals surface area contributed by atoms with E-state index in [-0.39, 0.29) is 24.0 Å². The summed E-state index contributed by atoms with van der Waals surface area (Å²) < 4.78 is 31.8. The molecule has 2 aromatic rings. The van der Waals surface area contributed by atoms with Gasteiger partial charge in [-0.2, -0.15) is 4.31 Å². The Morgan fingerprint density at radius 3 is 2.34 bits per heavy atom. The third kappa shape index (κ3) is 6.00. The van der Waals surface area contributed by atoms with Crippen LogP contribution in [0.4, 0.5) is 0 Å². The maximum atomic E-state index is 12.7. The average Bonchev–Trinajstić information content (AvgIpc) is 3.50. The number of aromatic nitrogens is 1. The van der Waals surface area contributed by atoms with Crippen LogP contribution >= 0.6 is 24.0 Å². The lowest BCUT2D eigenvalue weighted by Crippen LogP contribution is -2.52. The predicted molar refractivity (Wildman–Crippen MR) is 133 cm³/mol. The average molecular weight is 574 g/mol. The lowest BCUT2D eigenvalue weighted by atomic mass is 10.2. The number of rotatable bonds is 6. The van der Waals surface area contributed by atoms with E-state index in [1.54, 1.807) is 29.7 Å². The Balaban J connectivity index is 0.00000289. The van der Waals surface area contributed by atoms with Crippen molar-refractivity contribution < 1.29 is 12.9 Å². The first-order valence-electron chi connectivity index (χ1n) is 10.7. The first-order valence-corrected chi connectivity index (χ1v) is 12.2. The Hall–Kier alpha value is -1.70. The molecular weight excluding hydrogens is 543 g/mol. The van der Waals surface area contributed by atoms with Gasteiger partial charge in [0.25, 0.3) is 0 Å². The number of sulfonamides is 1. The van der Waals surface area contributed by atoms with Crippen molar-refractivity contribution in [1.82, 2.24) is 24.6 Å². The topological polar surface area (TPSA) is 94.3 Å². The van der Waals surface area contributed by atoms with Gasteiger partial charge < -0.3 is 14.7 Å². The number of nitrogens with one attached hydrogen (secondary N) is 1. The van der Waals surface area contributed by atoms with E-state index in [2.05, 4.69) is 25.3 Å². The SMILES string of the molecule is CN=C(NCc1ccc(S(=O)(=O)N2CCCC2)cc1)N1CCN(Cc2ccon2)CC1.I. The second-order valence-electron chi connectivity index (χ2n) is 7.91. The Bertz CT molecular complexity index is 967. The second-order valence-corrected chi connectivity index (χ2v) is 9.85. The fraction of sp³-hybridized carbons (Fsp3) is 0.524. The van der Waals surface area contributed by atoms with E-state index in [1.807, 2.05) is 18.2 Å². The van der Waals surface area contributed by atoms with Crippen LogP contribution in [0.2, 0.25) is 0 Å². The molecule has 0 unspecified atom stereocenters. The summed E-state index contributed by atoms with van der Waals surface area (Å²) in [6.07, 6.45) is 3.48. The zero-order chi connectivity index (χ0) is 21.7. The van der Waals surface area contributed by atoms with Gasteiger partial charge in [-0.15, -0.1) is 24.0 Å². The quantitative estimate of drug-likeness (QED) is 0.321.